The number of benzene rings is 1. The molecule has 1 aromatic rings. The van der Waals surface area contributed by atoms with Gasteiger partial charge in [-0.05, 0) is 31.0 Å². The molecule has 1 saturated heterocycles. The lowest BCUT2D eigenvalue weighted by molar-refractivity contribution is 0.415. The average Bonchev–Trinajstić information content (AvgIpc) is 2.41. The van der Waals surface area contributed by atoms with Crippen molar-refractivity contribution in [3.63, 3.8) is 0 Å². The SMILES string of the molecule is CCC1CN(S(=O)(=O)c2cc(N)ccc2C)CCS1. The number of sulfonamides is 1. The third-order valence-corrected chi connectivity index (χ3v) is 6.77. The molecular weight excluding hydrogens is 280 g/mol. The predicted molar refractivity (Wildman–Crippen MR) is 80.9 cm³/mol. The van der Waals surface area contributed by atoms with Crippen molar-refractivity contribution in [3.8, 4) is 0 Å². The summed E-state index contributed by atoms with van der Waals surface area (Å²) in [6.07, 6.45) is 0.993. The van der Waals surface area contributed by atoms with Crippen LogP contribution < -0.4 is 5.73 Å². The second-order valence-electron chi connectivity index (χ2n) is 4.79. The zero-order valence-corrected chi connectivity index (χ0v) is 12.9. The monoisotopic (exact) mass is 300 g/mol. The van der Waals surface area contributed by atoms with E-state index in [1.54, 1.807) is 22.5 Å². The van der Waals surface area contributed by atoms with Gasteiger partial charge in [0.1, 0.15) is 0 Å². The van der Waals surface area contributed by atoms with Crippen molar-refractivity contribution >= 4 is 27.5 Å². The number of anilines is 1. The molecule has 1 aliphatic rings. The summed E-state index contributed by atoms with van der Waals surface area (Å²) in [5.74, 6) is 0.860. The van der Waals surface area contributed by atoms with Crippen LogP contribution in [0.4, 0.5) is 5.69 Å². The number of hydrogen-bond acceptors (Lipinski definition) is 4. The maximum Gasteiger partial charge on any atom is 0.243 e. The molecule has 4 nitrogen and oxygen atoms in total. The minimum absolute atomic E-state index is 0.342. The molecule has 1 fully saturated rings. The molecule has 0 saturated carbocycles. The number of nitrogens with two attached hydrogens (primary N) is 1. The highest BCUT2D eigenvalue weighted by Crippen LogP contribution is 2.28. The van der Waals surface area contributed by atoms with E-state index in [4.69, 9.17) is 5.73 Å². The van der Waals surface area contributed by atoms with Crippen molar-refractivity contribution in [2.24, 2.45) is 0 Å². The van der Waals surface area contributed by atoms with Crippen molar-refractivity contribution in [1.82, 2.24) is 4.31 Å². The quantitative estimate of drug-likeness (QED) is 0.868. The van der Waals surface area contributed by atoms with E-state index in [0.29, 0.717) is 28.9 Å². The van der Waals surface area contributed by atoms with Gasteiger partial charge >= 0.3 is 0 Å². The zero-order valence-electron chi connectivity index (χ0n) is 11.3. The van der Waals surface area contributed by atoms with E-state index in [0.717, 1.165) is 17.7 Å². The van der Waals surface area contributed by atoms with Gasteiger partial charge in [-0.1, -0.05) is 13.0 Å². The van der Waals surface area contributed by atoms with Crippen molar-refractivity contribution in [3.05, 3.63) is 23.8 Å². The summed E-state index contributed by atoms with van der Waals surface area (Å²) < 4.78 is 27.0. The molecule has 6 heteroatoms. The number of nitrogens with zero attached hydrogens (tertiary/aromatic N) is 1. The van der Waals surface area contributed by atoms with Gasteiger partial charge in [-0.15, -0.1) is 0 Å². The Morgan fingerprint density at radius 1 is 1.47 bits per heavy atom. The third-order valence-electron chi connectivity index (χ3n) is 3.39. The number of rotatable bonds is 3. The summed E-state index contributed by atoms with van der Waals surface area (Å²) in [6.45, 7) is 5.08. The molecule has 19 heavy (non-hydrogen) atoms. The number of hydrogen-bond donors (Lipinski definition) is 1. The van der Waals surface area contributed by atoms with Gasteiger partial charge in [-0.25, -0.2) is 8.42 Å². The smallest absolute Gasteiger partial charge is 0.243 e. The topological polar surface area (TPSA) is 63.4 Å². The Kier molecular flexibility index (Phi) is 4.43. The van der Waals surface area contributed by atoms with Gasteiger partial charge in [0.2, 0.25) is 10.0 Å². The predicted octanol–water partition coefficient (Wildman–Crippen LogP) is 2.09. The largest absolute Gasteiger partial charge is 0.399 e. The van der Waals surface area contributed by atoms with E-state index in [2.05, 4.69) is 6.92 Å². The van der Waals surface area contributed by atoms with Crippen LogP contribution in [0, 0.1) is 6.92 Å². The first-order valence-electron chi connectivity index (χ1n) is 6.43. The van der Waals surface area contributed by atoms with E-state index in [-0.39, 0.29) is 0 Å². The fourth-order valence-corrected chi connectivity index (χ4v) is 5.33. The first kappa shape index (κ1) is 14.7. The number of aryl methyl sites for hydroxylation is 1. The van der Waals surface area contributed by atoms with Gasteiger partial charge in [-0.3, -0.25) is 0 Å². The lowest BCUT2D eigenvalue weighted by Crippen LogP contribution is -2.41. The summed E-state index contributed by atoms with van der Waals surface area (Å²) in [7, 11) is -3.42. The Bertz CT molecular complexity index is 558. The van der Waals surface area contributed by atoms with Crippen LogP contribution in [0.15, 0.2) is 23.1 Å². The molecule has 1 unspecified atom stereocenters. The molecule has 0 amide bonds. The molecule has 1 aliphatic heterocycles. The van der Waals surface area contributed by atoms with E-state index in [9.17, 15) is 8.42 Å². The Labute approximate surface area is 119 Å². The highest BCUT2D eigenvalue weighted by molar-refractivity contribution is 8.00. The molecule has 1 atom stereocenters. The van der Waals surface area contributed by atoms with Gasteiger partial charge in [0, 0.05) is 29.8 Å². The molecule has 2 rings (SSSR count). The van der Waals surface area contributed by atoms with Gasteiger partial charge < -0.3 is 5.73 Å². The molecule has 0 aromatic heterocycles. The Morgan fingerprint density at radius 3 is 2.89 bits per heavy atom. The molecule has 0 spiro atoms. The molecule has 1 heterocycles. The van der Waals surface area contributed by atoms with Crippen LogP contribution >= 0.6 is 11.8 Å². The zero-order chi connectivity index (χ0) is 14.0. The summed E-state index contributed by atoms with van der Waals surface area (Å²) in [5, 5.41) is 0.393. The highest BCUT2D eigenvalue weighted by atomic mass is 32.2. The molecule has 106 valence electrons. The normalized spacial score (nSPS) is 21.5. The molecule has 0 radical (unpaired) electrons. The van der Waals surface area contributed by atoms with Crippen molar-refractivity contribution in [2.45, 2.75) is 30.4 Å². The van der Waals surface area contributed by atoms with Crippen LogP contribution in [0.3, 0.4) is 0 Å². The molecule has 1 aromatic carbocycles. The van der Waals surface area contributed by atoms with Gasteiger partial charge in [-0.2, -0.15) is 16.1 Å². The van der Waals surface area contributed by atoms with Crippen LogP contribution in [0.25, 0.3) is 0 Å². The highest BCUT2D eigenvalue weighted by Gasteiger charge is 2.30. The second-order valence-corrected chi connectivity index (χ2v) is 8.10. The molecular formula is C13H20N2O2S2. The minimum Gasteiger partial charge on any atom is -0.399 e. The maximum absolute atomic E-state index is 12.7. The van der Waals surface area contributed by atoms with E-state index < -0.39 is 10.0 Å². The van der Waals surface area contributed by atoms with Crippen LogP contribution in [-0.4, -0.2) is 36.8 Å². The molecule has 2 N–H and O–H groups in total. The Morgan fingerprint density at radius 2 is 2.21 bits per heavy atom. The standard InChI is InChI=1S/C13H20N2O2S2/c1-3-12-9-15(6-7-18-12)19(16,17)13-8-11(14)5-4-10(13)2/h4-5,8,12H,3,6-7,9,14H2,1-2H3. The second kappa shape index (κ2) is 5.73. The first-order valence-corrected chi connectivity index (χ1v) is 8.92. The van der Waals surface area contributed by atoms with Crippen molar-refractivity contribution < 1.29 is 8.42 Å². The summed E-state index contributed by atoms with van der Waals surface area (Å²) in [4.78, 5) is 0.342. The van der Waals surface area contributed by atoms with Crippen LogP contribution in [0.2, 0.25) is 0 Å². The first-order chi connectivity index (χ1) is 8.95. The Hall–Kier alpha value is -0.720. The van der Waals surface area contributed by atoms with E-state index >= 15 is 0 Å². The Balaban J connectivity index is 2.34. The maximum atomic E-state index is 12.7. The fourth-order valence-electron chi connectivity index (χ4n) is 2.19. The number of thioether (sulfide) groups is 1. The van der Waals surface area contributed by atoms with E-state index in [1.165, 1.54) is 0 Å². The summed E-state index contributed by atoms with van der Waals surface area (Å²) in [6, 6.07) is 5.06. The average molecular weight is 300 g/mol. The van der Waals surface area contributed by atoms with Crippen LogP contribution in [0.1, 0.15) is 18.9 Å². The van der Waals surface area contributed by atoms with E-state index in [1.807, 2.05) is 18.7 Å². The summed E-state index contributed by atoms with van der Waals surface area (Å²) >= 11 is 1.85. The molecule has 0 bridgehead atoms. The van der Waals surface area contributed by atoms with Crippen molar-refractivity contribution in [1.29, 1.82) is 0 Å². The third kappa shape index (κ3) is 3.07. The lowest BCUT2D eigenvalue weighted by atomic mass is 10.2. The van der Waals surface area contributed by atoms with Crippen molar-refractivity contribution in [2.75, 3.05) is 24.6 Å². The minimum atomic E-state index is -3.42. The van der Waals surface area contributed by atoms with Gasteiger partial charge in [0.25, 0.3) is 0 Å². The van der Waals surface area contributed by atoms with Crippen LogP contribution in [-0.2, 0) is 10.0 Å². The lowest BCUT2D eigenvalue weighted by Gasteiger charge is -2.31. The fraction of sp³-hybridized carbons (Fsp3) is 0.538. The summed E-state index contributed by atoms with van der Waals surface area (Å²) in [5.41, 5.74) is 6.96. The van der Waals surface area contributed by atoms with Crippen LogP contribution in [0.5, 0.6) is 0 Å². The molecule has 0 aliphatic carbocycles. The number of nitrogen functional groups attached to an aromatic ring is 1. The van der Waals surface area contributed by atoms with Gasteiger partial charge in [0.05, 0.1) is 4.90 Å². The van der Waals surface area contributed by atoms with Gasteiger partial charge in [0.15, 0.2) is 0 Å².